The summed E-state index contributed by atoms with van der Waals surface area (Å²) >= 11 is 0. The van der Waals surface area contributed by atoms with Crippen molar-refractivity contribution >= 4 is 41.5 Å². The molecule has 3 nitrogen and oxygen atoms in total. The first-order chi connectivity index (χ1) is 13.2. The molecule has 0 radical (unpaired) electrons. The van der Waals surface area contributed by atoms with E-state index < -0.39 is 0 Å². The van der Waals surface area contributed by atoms with Gasteiger partial charge in [0.25, 0.3) is 0 Å². The zero-order chi connectivity index (χ0) is 20.0. The summed E-state index contributed by atoms with van der Waals surface area (Å²) in [5.41, 5.74) is 0. The van der Waals surface area contributed by atoms with Crippen molar-refractivity contribution in [2.45, 2.75) is 142 Å². The van der Waals surface area contributed by atoms with Gasteiger partial charge in [0.1, 0.15) is 0 Å². The molecule has 0 heterocycles. The minimum atomic E-state index is -0.336. The van der Waals surface area contributed by atoms with E-state index in [0.717, 1.165) is 25.7 Å². The van der Waals surface area contributed by atoms with E-state index in [1.54, 1.807) is 0 Å². The Morgan fingerprint density at radius 2 is 0.714 bits per heavy atom. The van der Waals surface area contributed by atoms with E-state index in [-0.39, 0.29) is 41.5 Å². The average Bonchev–Trinajstić information content (AvgIpc) is 2.65. The van der Waals surface area contributed by atoms with Gasteiger partial charge in [-0.25, -0.2) is 0 Å². The molecule has 0 amide bonds. The fourth-order valence-electron chi connectivity index (χ4n) is 3.39. The molecular formula is C24H47NaO3. The van der Waals surface area contributed by atoms with Crippen molar-refractivity contribution in [2.75, 3.05) is 0 Å². The summed E-state index contributed by atoms with van der Waals surface area (Å²) in [4.78, 5) is 23.3. The molecule has 0 N–H and O–H groups in total. The molecule has 0 saturated carbocycles. The Morgan fingerprint density at radius 3 is 1.00 bits per heavy atom. The molecule has 0 aromatic rings. The van der Waals surface area contributed by atoms with Gasteiger partial charge in [-0.05, 0) is 12.8 Å². The van der Waals surface area contributed by atoms with Crippen molar-refractivity contribution in [3.05, 3.63) is 0 Å². The zero-order valence-corrected chi connectivity index (χ0v) is 18.4. The number of rotatable bonds is 20. The second kappa shape index (κ2) is 25.2. The van der Waals surface area contributed by atoms with Crippen molar-refractivity contribution in [1.29, 1.82) is 0 Å². The number of hydrogen-bond donors (Lipinski definition) is 0. The van der Waals surface area contributed by atoms with Crippen LogP contribution >= 0.6 is 0 Å². The van der Waals surface area contributed by atoms with E-state index >= 15 is 0 Å². The van der Waals surface area contributed by atoms with Crippen LogP contribution in [0.2, 0.25) is 0 Å². The third kappa shape index (κ3) is 24.2. The molecule has 0 aliphatic heterocycles. The van der Waals surface area contributed by atoms with Gasteiger partial charge in [-0.3, -0.25) is 9.59 Å². The van der Waals surface area contributed by atoms with E-state index in [4.69, 9.17) is 4.74 Å². The Hall–Kier alpha value is 0.140. The minimum absolute atomic E-state index is 0. The average molecular weight is 407 g/mol. The summed E-state index contributed by atoms with van der Waals surface area (Å²) in [5.74, 6) is -0.671. The second-order valence-corrected chi connectivity index (χ2v) is 8.00. The Kier molecular flexibility index (Phi) is 27.3. The molecule has 0 atom stereocenters. The van der Waals surface area contributed by atoms with Crippen molar-refractivity contribution in [3.63, 3.8) is 0 Å². The molecule has 0 aliphatic carbocycles. The Bertz CT molecular complexity index is 345. The number of esters is 2. The van der Waals surface area contributed by atoms with E-state index in [1.807, 2.05) is 0 Å². The molecule has 0 spiro atoms. The van der Waals surface area contributed by atoms with Gasteiger partial charge < -0.3 is 4.74 Å². The zero-order valence-electron chi connectivity index (χ0n) is 18.4. The number of hydrogen-bond acceptors (Lipinski definition) is 3. The predicted molar refractivity (Wildman–Crippen MR) is 122 cm³/mol. The van der Waals surface area contributed by atoms with Crippen molar-refractivity contribution in [3.8, 4) is 0 Å². The fourth-order valence-corrected chi connectivity index (χ4v) is 3.39. The van der Waals surface area contributed by atoms with Crippen LogP contribution < -0.4 is 0 Å². The quantitative estimate of drug-likeness (QED) is 0.0925. The molecule has 4 heteroatoms. The first kappa shape index (κ1) is 30.3. The molecule has 162 valence electrons. The first-order valence-electron chi connectivity index (χ1n) is 11.9. The van der Waals surface area contributed by atoms with Crippen LogP contribution in [0.3, 0.4) is 0 Å². The van der Waals surface area contributed by atoms with Crippen LogP contribution in [0, 0.1) is 0 Å². The molecular weight excluding hydrogens is 359 g/mol. The topological polar surface area (TPSA) is 43.4 Å². The number of unbranched alkanes of at least 4 members (excludes halogenated alkanes) is 16. The monoisotopic (exact) mass is 406 g/mol. The molecule has 0 aromatic carbocycles. The van der Waals surface area contributed by atoms with E-state index in [1.165, 1.54) is 89.9 Å². The van der Waals surface area contributed by atoms with Crippen LogP contribution in [0.25, 0.3) is 0 Å². The van der Waals surface area contributed by atoms with Gasteiger partial charge in [-0.1, -0.05) is 117 Å². The molecule has 0 saturated heterocycles. The Labute approximate surface area is 197 Å². The van der Waals surface area contributed by atoms with E-state index in [2.05, 4.69) is 13.8 Å². The second-order valence-electron chi connectivity index (χ2n) is 8.00. The predicted octanol–water partition coefficient (Wildman–Crippen LogP) is 7.25. The summed E-state index contributed by atoms with van der Waals surface area (Å²) in [6.07, 6.45) is 22.8. The van der Waals surface area contributed by atoms with Gasteiger partial charge in [-0.15, -0.1) is 0 Å². The first-order valence-corrected chi connectivity index (χ1v) is 11.9. The van der Waals surface area contributed by atoms with Crippen molar-refractivity contribution < 1.29 is 14.3 Å². The summed E-state index contributed by atoms with van der Waals surface area (Å²) in [6.45, 7) is 4.46. The van der Waals surface area contributed by atoms with E-state index in [0.29, 0.717) is 12.8 Å². The van der Waals surface area contributed by atoms with Crippen LogP contribution in [0.15, 0.2) is 0 Å². The van der Waals surface area contributed by atoms with Crippen LogP contribution in [-0.2, 0) is 14.3 Å². The van der Waals surface area contributed by atoms with Gasteiger partial charge in [0, 0.05) is 12.8 Å². The number of carbonyl (C=O) groups is 2. The maximum absolute atomic E-state index is 11.7. The Morgan fingerprint density at radius 1 is 0.464 bits per heavy atom. The molecule has 28 heavy (non-hydrogen) atoms. The van der Waals surface area contributed by atoms with Gasteiger partial charge in [0.05, 0.1) is 0 Å². The van der Waals surface area contributed by atoms with Crippen LogP contribution in [0.1, 0.15) is 142 Å². The fraction of sp³-hybridized carbons (Fsp3) is 0.917. The van der Waals surface area contributed by atoms with Crippen LogP contribution in [0.4, 0.5) is 0 Å². The van der Waals surface area contributed by atoms with Gasteiger partial charge >= 0.3 is 41.5 Å². The summed E-state index contributed by atoms with van der Waals surface area (Å²) in [7, 11) is 0. The molecule has 0 fully saturated rings. The summed E-state index contributed by atoms with van der Waals surface area (Å²) in [5, 5.41) is 0. The number of ether oxygens (including phenoxy) is 1. The standard InChI is InChI=1S/C24H46O3.Na.H/c1-3-5-7-9-11-12-13-14-16-18-20-22-24(26)27-23(25)21-19-17-15-10-8-6-4-2;;/h3-22H2,1-2H3;;. The van der Waals surface area contributed by atoms with E-state index in [9.17, 15) is 9.59 Å². The van der Waals surface area contributed by atoms with Crippen LogP contribution in [0.5, 0.6) is 0 Å². The van der Waals surface area contributed by atoms with Crippen molar-refractivity contribution in [2.24, 2.45) is 0 Å². The van der Waals surface area contributed by atoms with Crippen molar-refractivity contribution in [1.82, 2.24) is 0 Å². The molecule has 0 unspecified atom stereocenters. The van der Waals surface area contributed by atoms with Gasteiger partial charge in [0.2, 0.25) is 0 Å². The third-order valence-electron chi connectivity index (χ3n) is 5.20. The molecule has 0 rings (SSSR count). The summed E-state index contributed by atoms with van der Waals surface area (Å²) < 4.78 is 4.91. The SMILES string of the molecule is CCCCCCCCCCCCCC(=O)OC(=O)CCCCCCCCC.[NaH]. The molecule has 0 aromatic heterocycles. The Balaban J connectivity index is 0. The van der Waals surface area contributed by atoms with Gasteiger partial charge in [-0.2, -0.15) is 0 Å². The summed E-state index contributed by atoms with van der Waals surface area (Å²) in [6, 6.07) is 0. The maximum atomic E-state index is 11.7. The van der Waals surface area contributed by atoms with Gasteiger partial charge in [0.15, 0.2) is 0 Å². The molecule has 0 bridgehead atoms. The van der Waals surface area contributed by atoms with Crippen LogP contribution in [-0.4, -0.2) is 41.5 Å². The third-order valence-corrected chi connectivity index (χ3v) is 5.20. The normalized spacial score (nSPS) is 10.5. The number of carbonyl (C=O) groups excluding carboxylic acids is 2. The molecule has 0 aliphatic rings.